The molecule has 0 spiro atoms. The summed E-state index contributed by atoms with van der Waals surface area (Å²) in [4.78, 5) is 11.6. The van der Waals surface area contributed by atoms with Crippen molar-refractivity contribution in [2.24, 2.45) is 0 Å². The van der Waals surface area contributed by atoms with E-state index in [0.717, 1.165) is 19.3 Å². The predicted octanol–water partition coefficient (Wildman–Crippen LogP) is 4.53. The Hall–Kier alpha value is -0.450. The van der Waals surface area contributed by atoms with Gasteiger partial charge in [0, 0.05) is 6.42 Å². The lowest BCUT2D eigenvalue weighted by molar-refractivity contribution is -0.134. The first-order chi connectivity index (χ1) is 12.1. The normalized spacial score (nSPS) is 13.8. The molecule has 2 unspecified atom stereocenters. The molecule has 3 N–H and O–H groups in total. The Labute approximate surface area is 155 Å². The zero-order valence-corrected chi connectivity index (χ0v) is 16.4. The van der Waals surface area contributed by atoms with Gasteiger partial charge in [-0.25, -0.2) is 0 Å². The molecule has 0 aliphatic carbocycles. The van der Waals surface area contributed by atoms with Crippen LogP contribution in [0.1, 0.15) is 110 Å². The number of carbonyl (C=O) groups is 1. The van der Waals surface area contributed by atoms with E-state index in [9.17, 15) is 15.0 Å². The van der Waals surface area contributed by atoms with Crippen molar-refractivity contribution in [2.75, 3.05) is 6.61 Å². The van der Waals surface area contributed by atoms with Crippen LogP contribution in [0.4, 0.5) is 0 Å². The van der Waals surface area contributed by atoms with Crippen molar-refractivity contribution in [1.29, 1.82) is 0 Å². The number of hydrogen-bond donors (Lipinski definition) is 3. The first-order valence-corrected chi connectivity index (χ1v) is 10.6. The van der Waals surface area contributed by atoms with Gasteiger partial charge in [-0.05, 0) is 6.42 Å². The average Bonchev–Trinajstić information content (AvgIpc) is 2.63. The van der Waals surface area contributed by atoms with Gasteiger partial charge in [-0.1, -0.05) is 96.8 Å². The van der Waals surface area contributed by atoms with E-state index in [0.29, 0.717) is 0 Å². The summed E-state index contributed by atoms with van der Waals surface area (Å²) in [5, 5.41) is 27.3. The van der Waals surface area contributed by atoms with Crippen molar-refractivity contribution in [3.63, 3.8) is 0 Å². The first-order valence-electron chi connectivity index (χ1n) is 10.6. The zero-order chi connectivity index (χ0) is 18.8. The van der Waals surface area contributed by atoms with Gasteiger partial charge < -0.3 is 15.3 Å². The maximum atomic E-state index is 11.6. The summed E-state index contributed by atoms with van der Waals surface area (Å²) in [6.45, 7) is 1.68. The van der Waals surface area contributed by atoms with Gasteiger partial charge in [0.1, 0.15) is 12.2 Å². The minimum absolute atomic E-state index is 0.288. The molecule has 0 aliphatic heterocycles. The molecule has 150 valence electrons. The molecule has 0 fully saturated rings. The molecule has 0 aromatic carbocycles. The second-order valence-corrected chi connectivity index (χ2v) is 7.36. The number of hydrogen-bond acceptors (Lipinski definition) is 4. The quantitative estimate of drug-likeness (QED) is 0.296. The molecule has 0 heterocycles. The zero-order valence-electron chi connectivity index (χ0n) is 16.4. The molecule has 0 bridgehead atoms. The van der Waals surface area contributed by atoms with Gasteiger partial charge in [0.25, 0.3) is 0 Å². The van der Waals surface area contributed by atoms with E-state index >= 15 is 0 Å². The molecule has 0 aliphatic rings. The van der Waals surface area contributed by atoms with Crippen LogP contribution >= 0.6 is 0 Å². The maximum absolute atomic E-state index is 11.6. The summed E-state index contributed by atoms with van der Waals surface area (Å²) in [6, 6.07) is 0. The second kappa shape index (κ2) is 18.3. The average molecular weight is 359 g/mol. The lowest BCUT2D eigenvalue weighted by Crippen LogP contribution is -2.36. The second-order valence-electron chi connectivity index (χ2n) is 7.36. The van der Waals surface area contributed by atoms with Gasteiger partial charge in [-0.3, -0.25) is 4.79 Å². The van der Waals surface area contributed by atoms with E-state index in [1.54, 1.807) is 0 Å². The van der Waals surface area contributed by atoms with Crippen molar-refractivity contribution < 1.29 is 20.1 Å². The lowest BCUT2D eigenvalue weighted by Gasteiger charge is -2.13. The Morgan fingerprint density at radius 3 is 1.40 bits per heavy atom. The Kier molecular flexibility index (Phi) is 18.0. The lowest BCUT2D eigenvalue weighted by atomic mass is 10.0. The Morgan fingerprint density at radius 1 is 0.680 bits per heavy atom. The molecule has 4 nitrogen and oxygen atoms in total. The summed E-state index contributed by atoms with van der Waals surface area (Å²) < 4.78 is 0. The van der Waals surface area contributed by atoms with Gasteiger partial charge in [0.2, 0.25) is 0 Å². The number of unbranched alkanes of at least 4 members (excludes halogenated alkanes) is 14. The highest BCUT2D eigenvalue weighted by Gasteiger charge is 2.22. The van der Waals surface area contributed by atoms with Crippen LogP contribution in [0.5, 0.6) is 0 Å². The van der Waals surface area contributed by atoms with E-state index < -0.39 is 18.8 Å². The summed E-state index contributed by atoms with van der Waals surface area (Å²) in [7, 11) is 0. The van der Waals surface area contributed by atoms with Crippen LogP contribution in [0.3, 0.4) is 0 Å². The van der Waals surface area contributed by atoms with E-state index in [4.69, 9.17) is 5.11 Å². The van der Waals surface area contributed by atoms with Crippen LogP contribution in [-0.2, 0) is 4.79 Å². The molecule has 0 saturated heterocycles. The summed E-state index contributed by atoms with van der Waals surface area (Å²) >= 11 is 0. The minimum atomic E-state index is -1.43. The van der Waals surface area contributed by atoms with E-state index in [1.807, 2.05) is 0 Å². The number of carbonyl (C=O) groups excluding carboxylic acids is 1. The molecular weight excluding hydrogens is 316 g/mol. The number of aliphatic hydroxyl groups excluding tert-OH is 3. The Bertz CT molecular complexity index is 294. The largest absolute Gasteiger partial charge is 0.394 e. The molecule has 2 atom stereocenters. The van der Waals surface area contributed by atoms with Gasteiger partial charge in [-0.15, -0.1) is 0 Å². The van der Waals surface area contributed by atoms with Crippen molar-refractivity contribution in [3.8, 4) is 0 Å². The highest BCUT2D eigenvalue weighted by atomic mass is 16.4. The summed E-state index contributed by atoms with van der Waals surface area (Å²) in [5.74, 6) is -0.365. The SMILES string of the molecule is CCCCCCCCCCCCCCCCCC(=O)C(O)C(O)CO. The van der Waals surface area contributed by atoms with Crippen molar-refractivity contribution in [1.82, 2.24) is 0 Å². The fourth-order valence-electron chi connectivity index (χ4n) is 3.13. The van der Waals surface area contributed by atoms with E-state index in [1.165, 1.54) is 77.0 Å². The molecule has 0 saturated carbocycles. The number of Topliss-reactive ketones (excluding diaryl/α,β-unsaturated/α-hetero) is 1. The molecule has 0 aromatic rings. The van der Waals surface area contributed by atoms with E-state index in [2.05, 4.69) is 6.92 Å². The topological polar surface area (TPSA) is 77.8 Å². The fourth-order valence-corrected chi connectivity index (χ4v) is 3.13. The van der Waals surface area contributed by atoms with Gasteiger partial charge in [-0.2, -0.15) is 0 Å². The third kappa shape index (κ3) is 15.5. The van der Waals surface area contributed by atoms with Gasteiger partial charge in [0.05, 0.1) is 6.61 Å². The van der Waals surface area contributed by atoms with Crippen LogP contribution in [0.2, 0.25) is 0 Å². The van der Waals surface area contributed by atoms with Gasteiger partial charge in [0.15, 0.2) is 5.78 Å². The highest BCUT2D eigenvalue weighted by molar-refractivity contribution is 5.83. The number of rotatable bonds is 19. The number of aliphatic hydroxyl groups is 3. The summed E-state index contributed by atoms with van der Waals surface area (Å²) in [5.41, 5.74) is 0. The van der Waals surface area contributed by atoms with Crippen LogP contribution in [0, 0.1) is 0 Å². The smallest absolute Gasteiger partial charge is 0.164 e. The monoisotopic (exact) mass is 358 g/mol. The third-order valence-electron chi connectivity index (χ3n) is 4.91. The fraction of sp³-hybridized carbons (Fsp3) is 0.952. The van der Waals surface area contributed by atoms with Crippen molar-refractivity contribution in [3.05, 3.63) is 0 Å². The maximum Gasteiger partial charge on any atom is 0.164 e. The highest BCUT2D eigenvalue weighted by Crippen LogP contribution is 2.14. The van der Waals surface area contributed by atoms with Crippen LogP contribution in [-0.4, -0.2) is 39.9 Å². The van der Waals surface area contributed by atoms with Crippen LogP contribution in [0.15, 0.2) is 0 Å². The predicted molar refractivity (Wildman–Crippen MR) is 104 cm³/mol. The van der Waals surface area contributed by atoms with Crippen molar-refractivity contribution >= 4 is 5.78 Å². The Balaban J connectivity index is 3.22. The first kappa shape index (κ1) is 24.6. The molecule has 0 aromatic heterocycles. The molecule has 4 heteroatoms. The number of ketones is 1. The molecule has 0 radical (unpaired) electrons. The van der Waals surface area contributed by atoms with Gasteiger partial charge >= 0.3 is 0 Å². The molecule has 25 heavy (non-hydrogen) atoms. The minimum Gasteiger partial charge on any atom is -0.394 e. The standard InChI is InChI=1S/C21H42O4/c1-2-3-4-5-6-7-8-9-10-11-12-13-14-15-16-17-19(23)21(25)20(24)18-22/h20-22,24-25H,2-18H2,1H3. The summed E-state index contributed by atoms with van der Waals surface area (Å²) in [6.07, 6.45) is 16.6. The Morgan fingerprint density at radius 2 is 1.04 bits per heavy atom. The van der Waals surface area contributed by atoms with E-state index in [-0.39, 0.29) is 12.2 Å². The molecule has 0 amide bonds. The van der Waals surface area contributed by atoms with Crippen LogP contribution < -0.4 is 0 Å². The molecular formula is C21H42O4. The van der Waals surface area contributed by atoms with Crippen molar-refractivity contribution in [2.45, 2.75) is 122 Å². The third-order valence-corrected chi connectivity index (χ3v) is 4.91. The molecule has 0 rings (SSSR count). The van der Waals surface area contributed by atoms with Crippen LogP contribution in [0.25, 0.3) is 0 Å².